The SMILES string of the molecule is C#CCN(CC1CC1)c1ccc(CO)cc1Br. The lowest BCUT2D eigenvalue weighted by Gasteiger charge is -2.24. The number of benzene rings is 1. The standard InChI is InChI=1S/C14H16BrNO/c1-2-7-16(9-11-3-4-11)14-6-5-12(10-17)8-13(14)15/h1,5-6,8,11,17H,3-4,7,9-10H2. The maximum atomic E-state index is 9.08. The van der Waals surface area contributed by atoms with Gasteiger partial charge < -0.3 is 10.0 Å². The zero-order chi connectivity index (χ0) is 12.3. The number of hydrogen-bond acceptors (Lipinski definition) is 2. The third-order valence-electron chi connectivity index (χ3n) is 2.99. The summed E-state index contributed by atoms with van der Waals surface area (Å²) in [7, 11) is 0. The van der Waals surface area contributed by atoms with Crippen LogP contribution in [-0.2, 0) is 6.61 Å². The van der Waals surface area contributed by atoms with Crippen molar-refractivity contribution in [2.24, 2.45) is 5.92 Å². The maximum Gasteiger partial charge on any atom is 0.0792 e. The molecular formula is C14H16BrNO. The van der Waals surface area contributed by atoms with Crippen LogP contribution in [0.3, 0.4) is 0 Å². The van der Waals surface area contributed by atoms with E-state index in [1.165, 1.54) is 12.8 Å². The third-order valence-corrected chi connectivity index (χ3v) is 3.63. The molecule has 90 valence electrons. The highest BCUT2D eigenvalue weighted by atomic mass is 79.9. The molecule has 0 atom stereocenters. The quantitative estimate of drug-likeness (QED) is 0.844. The fourth-order valence-corrected chi connectivity index (χ4v) is 2.55. The summed E-state index contributed by atoms with van der Waals surface area (Å²) < 4.78 is 1.000. The minimum absolute atomic E-state index is 0.0661. The monoisotopic (exact) mass is 293 g/mol. The Labute approximate surface area is 111 Å². The number of anilines is 1. The molecule has 17 heavy (non-hydrogen) atoms. The van der Waals surface area contributed by atoms with Crippen molar-refractivity contribution in [2.45, 2.75) is 19.4 Å². The van der Waals surface area contributed by atoms with Crippen LogP contribution in [-0.4, -0.2) is 18.2 Å². The van der Waals surface area contributed by atoms with Crippen molar-refractivity contribution in [1.29, 1.82) is 0 Å². The Balaban J connectivity index is 2.19. The lowest BCUT2D eigenvalue weighted by atomic mass is 10.2. The van der Waals surface area contributed by atoms with Gasteiger partial charge in [-0.1, -0.05) is 12.0 Å². The normalized spacial score (nSPS) is 14.4. The summed E-state index contributed by atoms with van der Waals surface area (Å²) in [5.41, 5.74) is 2.03. The number of nitrogens with zero attached hydrogens (tertiary/aromatic N) is 1. The maximum absolute atomic E-state index is 9.08. The zero-order valence-electron chi connectivity index (χ0n) is 9.69. The van der Waals surface area contributed by atoms with Crippen LogP contribution in [0.4, 0.5) is 5.69 Å². The smallest absolute Gasteiger partial charge is 0.0792 e. The summed E-state index contributed by atoms with van der Waals surface area (Å²) in [5.74, 6) is 3.51. The molecule has 1 aliphatic rings. The van der Waals surface area contributed by atoms with Crippen molar-refractivity contribution in [3.05, 3.63) is 28.2 Å². The number of halogens is 1. The van der Waals surface area contributed by atoms with E-state index in [9.17, 15) is 0 Å². The summed E-state index contributed by atoms with van der Waals surface area (Å²) >= 11 is 3.55. The summed E-state index contributed by atoms with van der Waals surface area (Å²) in [5, 5.41) is 9.08. The lowest BCUT2D eigenvalue weighted by Crippen LogP contribution is -2.26. The van der Waals surface area contributed by atoms with Crippen molar-refractivity contribution in [1.82, 2.24) is 0 Å². The Bertz CT molecular complexity index is 434. The molecule has 1 aromatic rings. The molecule has 1 saturated carbocycles. The van der Waals surface area contributed by atoms with Gasteiger partial charge in [0.05, 0.1) is 18.8 Å². The molecule has 1 aromatic carbocycles. The molecular weight excluding hydrogens is 278 g/mol. The Kier molecular flexibility index (Phi) is 4.09. The molecule has 0 unspecified atom stereocenters. The van der Waals surface area contributed by atoms with E-state index in [0.717, 1.165) is 28.2 Å². The number of aliphatic hydroxyl groups excluding tert-OH is 1. The van der Waals surface area contributed by atoms with Crippen molar-refractivity contribution >= 4 is 21.6 Å². The average molecular weight is 294 g/mol. The molecule has 0 saturated heterocycles. The van der Waals surface area contributed by atoms with Gasteiger partial charge in [0.2, 0.25) is 0 Å². The Morgan fingerprint density at radius 2 is 2.24 bits per heavy atom. The molecule has 0 aromatic heterocycles. The van der Waals surface area contributed by atoms with Crippen LogP contribution in [0.5, 0.6) is 0 Å². The molecule has 2 rings (SSSR count). The number of rotatable bonds is 5. The highest BCUT2D eigenvalue weighted by Gasteiger charge is 2.24. The second-order valence-electron chi connectivity index (χ2n) is 4.47. The van der Waals surface area contributed by atoms with Gasteiger partial charge in [-0.25, -0.2) is 0 Å². The van der Waals surface area contributed by atoms with Crippen LogP contribution < -0.4 is 4.90 Å². The first kappa shape index (κ1) is 12.5. The van der Waals surface area contributed by atoms with Gasteiger partial charge in [-0.15, -0.1) is 6.42 Å². The van der Waals surface area contributed by atoms with Crippen LogP contribution in [0.15, 0.2) is 22.7 Å². The van der Waals surface area contributed by atoms with Crippen LogP contribution in [0, 0.1) is 18.3 Å². The van der Waals surface area contributed by atoms with E-state index in [0.29, 0.717) is 6.54 Å². The van der Waals surface area contributed by atoms with E-state index in [1.807, 2.05) is 18.2 Å². The van der Waals surface area contributed by atoms with Gasteiger partial charge in [0.25, 0.3) is 0 Å². The zero-order valence-corrected chi connectivity index (χ0v) is 11.3. The van der Waals surface area contributed by atoms with Crippen LogP contribution >= 0.6 is 15.9 Å². The summed E-state index contributed by atoms with van der Waals surface area (Å²) in [6.45, 7) is 1.73. The molecule has 2 nitrogen and oxygen atoms in total. The van der Waals surface area contributed by atoms with E-state index in [1.54, 1.807) is 0 Å². The van der Waals surface area contributed by atoms with Crippen LogP contribution in [0.2, 0.25) is 0 Å². The first-order chi connectivity index (χ1) is 8.24. The van der Waals surface area contributed by atoms with Crippen molar-refractivity contribution in [2.75, 3.05) is 18.0 Å². The molecule has 0 amide bonds. The second kappa shape index (κ2) is 5.57. The molecule has 0 heterocycles. The van der Waals surface area contributed by atoms with Gasteiger partial charge in [0.1, 0.15) is 0 Å². The highest BCUT2D eigenvalue weighted by Crippen LogP contribution is 2.34. The molecule has 0 bridgehead atoms. The van der Waals surface area contributed by atoms with E-state index >= 15 is 0 Å². The molecule has 0 radical (unpaired) electrons. The van der Waals surface area contributed by atoms with Gasteiger partial charge in [-0.3, -0.25) is 0 Å². The summed E-state index contributed by atoms with van der Waals surface area (Å²) in [6.07, 6.45) is 8.05. The molecule has 1 aliphatic carbocycles. The van der Waals surface area contributed by atoms with E-state index < -0.39 is 0 Å². The van der Waals surface area contributed by atoms with E-state index in [4.69, 9.17) is 11.5 Å². The predicted octanol–water partition coefficient (Wildman–Crippen LogP) is 2.79. The first-order valence-corrected chi connectivity index (χ1v) is 6.61. The van der Waals surface area contributed by atoms with Gasteiger partial charge in [0.15, 0.2) is 0 Å². The molecule has 1 fully saturated rings. The minimum Gasteiger partial charge on any atom is -0.392 e. The Hall–Kier alpha value is -0.980. The highest BCUT2D eigenvalue weighted by molar-refractivity contribution is 9.10. The minimum atomic E-state index is 0.0661. The average Bonchev–Trinajstić information content (AvgIpc) is 3.12. The number of terminal acetylenes is 1. The van der Waals surface area contributed by atoms with Gasteiger partial charge in [-0.05, 0) is 52.4 Å². The first-order valence-electron chi connectivity index (χ1n) is 5.82. The fourth-order valence-electron chi connectivity index (χ4n) is 1.88. The van der Waals surface area contributed by atoms with Crippen molar-refractivity contribution in [3.63, 3.8) is 0 Å². The molecule has 1 N–H and O–H groups in total. The van der Waals surface area contributed by atoms with Gasteiger partial charge in [0, 0.05) is 11.0 Å². The van der Waals surface area contributed by atoms with Crippen LogP contribution in [0.1, 0.15) is 18.4 Å². The predicted molar refractivity (Wildman–Crippen MR) is 73.8 cm³/mol. The summed E-state index contributed by atoms with van der Waals surface area (Å²) in [6, 6.07) is 5.91. The van der Waals surface area contributed by atoms with E-state index in [2.05, 4.69) is 26.8 Å². The largest absolute Gasteiger partial charge is 0.392 e. The second-order valence-corrected chi connectivity index (χ2v) is 5.33. The van der Waals surface area contributed by atoms with Gasteiger partial charge in [-0.2, -0.15) is 0 Å². The topological polar surface area (TPSA) is 23.5 Å². The van der Waals surface area contributed by atoms with Crippen molar-refractivity contribution < 1.29 is 5.11 Å². The van der Waals surface area contributed by atoms with E-state index in [-0.39, 0.29) is 6.61 Å². The molecule has 3 heteroatoms. The third kappa shape index (κ3) is 3.24. The Morgan fingerprint density at radius 1 is 1.47 bits per heavy atom. The summed E-state index contributed by atoms with van der Waals surface area (Å²) in [4.78, 5) is 2.23. The number of hydrogen-bond donors (Lipinski definition) is 1. The van der Waals surface area contributed by atoms with Gasteiger partial charge >= 0.3 is 0 Å². The fraction of sp³-hybridized carbons (Fsp3) is 0.429. The molecule has 0 spiro atoms. The number of aliphatic hydroxyl groups is 1. The lowest BCUT2D eigenvalue weighted by molar-refractivity contribution is 0.282. The molecule has 0 aliphatic heterocycles. The Morgan fingerprint density at radius 3 is 2.76 bits per heavy atom. The van der Waals surface area contributed by atoms with Crippen molar-refractivity contribution in [3.8, 4) is 12.3 Å². The van der Waals surface area contributed by atoms with Crippen LogP contribution in [0.25, 0.3) is 0 Å².